The van der Waals surface area contributed by atoms with E-state index in [1.165, 1.54) is 0 Å². The summed E-state index contributed by atoms with van der Waals surface area (Å²) in [6.07, 6.45) is 0. The lowest BCUT2D eigenvalue weighted by molar-refractivity contribution is 0.478. The lowest BCUT2D eigenvalue weighted by atomic mass is 10.3. The third-order valence-electron chi connectivity index (χ3n) is 1.28. The second-order valence-corrected chi connectivity index (χ2v) is 3.53. The van der Waals surface area contributed by atoms with Gasteiger partial charge in [-0.3, -0.25) is 0 Å². The van der Waals surface area contributed by atoms with Crippen LogP contribution in [0.15, 0.2) is 0 Å². The highest BCUT2D eigenvalue weighted by Crippen LogP contribution is 2.46. The van der Waals surface area contributed by atoms with Crippen LogP contribution in [-0.4, -0.2) is 5.11 Å². The van der Waals surface area contributed by atoms with Crippen LogP contribution in [-0.2, 0) is 0 Å². The summed E-state index contributed by atoms with van der Waals surface area (Å²) in [5.74, 6) is -0.351. The number of aromatic hydroxyl groups is 1. The first-order valence-electron chi connectivity index (χ1n) is 2.77. The molecule has 0 amide bonds. The molecule has 0 aliphatic rings. The molecule has 0 aliphatic carbocycles. The van der Waals surface area contributed by atoms with Gasteiger partial charge >= 0.3 is 0 Å². The van der Waals surface area contributed by atoms with Crippen LogP contribution in [0.5, 0.6) is 5.75 Å². The van der Waals surface area contributed by atoms with E-state index in [9.17, 15) is 5.11 Å². The van der Waals surface area contributed by atoms with Gasteiger partial charge in [0, 0.05) is 0 Å². The van der Waals surface area contributed by atoms with E-state index in [-0.39, 0.29) is 31.5 Å². The van der Waals surface area contributed by atoms with Crippen molar-refractivity contribution in [1.82, 2.24) is 0 Å². The number of hydrogen-bond donors (Lipinski definition) is 2. The molecule has 0 radical (unpaired) electrons. The molecular weight excluding hydrogens is 244 g/mol. The van der Waals surface area contributed by atoms with Crippen molar-refractivity contribution in [3.63, 3.8) is 0 Å². The van der Waals surface area contributed by atoms with Gasteiger partial charge in [0.05, 0.1) is 20.8 Å². The molecule has 66 valence electrons. The maximum Gasteiger partial charge on any atom is 0.160 e. The molecule has 2 nitrogen and oxygen atoms in total. The smallest absolute Gasteiger partial charge is 0.160 e. The average molecular weight is 247 g/mol. The molecule has 0 spiro atoms. The summed E-state index contributed by atoms with van der Waals surface area (Å²) in [5.41, 5.74) is 5.27. The fourth-order valence-electron chi connectivity index (χ4n) is 0.637. The molecule has 0 saturated carbocycles. The second-order valence-electron chi connectivity index (χ2n) is 2.02. The molecule has 0 saturated heterocycles. The molecule has 0 atom stereocenters. The maximum atomic E-state index is 9.21. The number of benzene rings is 1. The van der Waals surface area contributed by atoms with Crippen LogP contribution in [0.2, 0.25) is 20.1 Å². The topological polar surface area (TPSA) is 46.2 Å². The first-order chi connectivity index (χ1) is 5.46. The molecule has 0 unspecified atom stereocenters. The van der Waals surface area contributed by atoms with Crippen molar-refractivity contribution in [3.05, 3.63) is 20.1 Å². The fourth-order valence-corrected chi connectivity index (χ4v) is 1.49. The Hall–Kier alpha value is -0.0200. The number of anilines is 1. The molecule has 0 heterocycles. The molecule has 0 aliphatic heterocycles. The molecule has 1 aromatic carbocycles. The van der Waals surface area contributed by atoms with E-state index in [1.807, 2.05) is 0 Å². The van der Waals surface area contributed by atoms with Crippen molar-refractivity contribution in [2.24, 2.45) is 0 Å². The van der Waals surface area contributed by atoms with Gasteiger partial charge in [-0.1, -0.05) is 46.4 Å². The normalized spacial score (nSPS) is 10.3. The summed E-state index contributed by atoms with van der Waals surface area (Å²) >= 11 is 22.4. The Kier molecular flexibility index (Phi) is 2.84. The van der Waals surface area contributed by atoms with Gasteiger partial charge in [-0.15, -0.1) is 0 Å². The molecule has 3 N–H and O–H groups in total. The number of rotatable bonds is 0. The third kappa shape index (κ3) is 1.40. The van der Waals surface area contributed by atoms with E-state index < -0.39 is 0 Å². The van der Waals surface area contributed by atoms with E-state index in [4.69, 9.17) is 52.1 Å². The number of phenolic OH excluding ortho intramolecular Hbond substituents is 1. The molecule has 0 fully saturated rings. The molecule has 1 rings (SSSR count). The first-order valence-corrected chi connectivity index (χ1v) is 4.28. The fraction of sp³-hybridized carbons (Fsp3) is 0. The molecule has 0 aromatic heterocycles. The van der Waals surface area contributed by atoms with Gasteiger partial charge in [-0.05, 0) is 0 Å². The monoisotopic (exact) mass is 245 g/mol. The minimum Gasteiger partial charge on any atom is -0.504 e. The van der Waals surface area contributed by atoms with E-state index in [2.05, 4.69) is 0 Å². The lowest BCUT2D eigenvalue weighted by Crippen LogP contribution is -1.89. The zero-order valence-electron chi connectivity index (χ0n) is 5.54. The average Bonchev–Trinajstić information content (AvgIpc) is 2.08. The Morgan fingerprint density at radius 1 is 0.833 bits per heavy atom. The van der Waals surface area contributed by atoms with Gasteiger partial charge in [-0.2, -0.15) is 0 Å². The summed E-state index contributed by atoms with van der Waals surface area (Å²) < 4.78 is 0. The maximum absolute atomic E-state index is 9.21. The van der Waals surface area contributed by atoms with Gasteiger partial charge in [0.15, 0.2) is 5.75 Å². The van der Waals surface area contributed by atoms with Crippen LogP contribution in [0.4, 0.5) is 5.69 Å². The lowest BCUT2D eigenvalue weighted by Gasteiger charge is -2.07. The van der Waals surface area contributed by atoms with E-state index in [0.29, 0.717) is 0 Å². The van der Waals surface area contributed by atoms with E-state index in [0.717, 1.165) is 0 Å². The summed E-state index contributed by atoms with van der Waals surface area (Å²) in [6, 6.07) is 0. The zero-order valence-corrected chi connectivity index (χ0v) is 8.56. The van der Waals surface area contributed by atoms with Crippen LogP contribution in [0.3, 0.4) is 0 Å². The van der Waals surface area contributed by atoms with E-state index in [1.54, 1.807) is 0 Å². The summed E-state index contributed by atoms with van der Waals surface area (Å²) in [7, 11) is 0. The number of hydrogen-bond acceptors (Lipinski definition) is 2. The Balaban J connectivity index is 3.60. The van der Waals surface area contributed by atoms with Crippen LogP contribution in [0.1, 0.15) is 0 Å². The van der Waals surface area contributed by atoms with Crippen molar-refractivity contribution in [2.75, 3.05) is 5.73 Å². The molecule has 1 aromatic rings. The van der Waals surface area contributed by atoms with Crippen LogP contribution < -0.4 is 5.73 Å². The van der Waals surface area contributed by atoms with Gasteiger partial charge in [-0.25, -0.2) is 0 Å². The Morgan fingerprint density at radius 3 is 1.75 bits per heavy atom. The molecule has 0 bridgehead atoms. The standard InChI is InChI=1S/C6H3Cl4NO/c7-1-2(8)4(10)6(12)5(11)3(1)9/h12H,11H2. The Labute approximate surface area is 88.8 Å². The molecular formula is C6H3Cl4NO. The zero-order chi connectivity index (χ0) is 9.46. The number of nitrogen functional groups attached to an aromatic ring is 1. The molecule has 12 heavy (non-hydrogen) atoms. The Bertz CT molecular complexity index is 234. The second kappa shape index (κ2) is 3.38. The van der Waals surface area contributed by atoms with Gasteiger partial charge in [0.2, 0.25) is 0 Å². The number of halogens is 4. The van der Waals surface area contributed by atoms with Crippen LogP contribution in [0, 0.1) is 0 Å². The summed E-state index contributed by atoms with van der Waals surface area (Å²) in [4.78, 5) is 0. The SMILES string of the molecule is Nc1c(O)c(Cl)c(Cl)c(Cl)c1Cl. The number of phenols is 1. The minimum absolute atomic E-state index is 0.00330. The van der Waals surface area contributed by atoms with Crippen molar-refractivity contribution in [1.29, 1.82) is 0 Å². The van der Waals surface area contributed by atoms with Gasteiger partial charge in [0.1, 0.15) is 5.02 Å². The first kappa shape index (κ1) is 10.1. The molecule has 6 heteroatoms. The van der Waals surface area contributed by atoms with E-state index >= 15 is 0 Å². The van der Waals surface area contributed by atoms with Crippen molar-refractivity contribution in [3.8, 4) is 5.75 Å². The predicted octanol–water partition coefficient (Wildman–Crippen LogP) is 3.59. The van der Waals surface area contributed by atoms with Crippen molar-refractivity contribution >= 4 is 52.1 Å². The van der Waals surface area contributed by atoms with Gasteiger partial charge < -0.3 is 10.8 Å². The summed E-state index contributed by atoms with van der Waals surface area (Å²) in [6.45, 7) is 0. The largest absolute Gasteiger partial charge is 0.504 e. The highest BCUT2D eigenvalue weighted by Gasteiger charge is 2.17. The minimum atomic E-state index is -0.351. The van der Waals surface area contributed by atoms with Gasteiger partial charge in [0.25, 0.3) is 0 Å². The third-order valence-corrected chi connectivity index (χ3v) is 3.08. The Morgan fingerprint density at radius 2 is 1.25 bits per heavy atom. The van der Waals surface area contributed by atoms with Crippen molar-refractivity contribution < 1.29 is 5.11 Å². The highest BCUT2D eigenvalue weighted by atomic mass is 35.5. The van der Waals surface area contributed by atoms with Crippen LogP contribution in [0.25, 0.3) is 0 Å². The van der Waals surface area contributed by atoms with Crippen molar-refractivity contribution in [2.45, 2.75) is 0 Å². The number of nitrogens with two attached hydrogens (primary N) is 1. The summed E-state index contributed by atoms with van der Waals surface area (Å²) in [5, 5.41) is 9.15. The highest BCUT2D eigenvalue weighted by molar-refractivity contribution is 6.53. The quantitative estimate of drug-likeness (QED) is 0.318. The van der Waals surface area contributed by atoms with Crippen LogP contribution >= 0.6 is 46.4 Å². The predicted molar refractivity (Wildman–Crippen MR) is 52.6 cm³/mol.